The van der Waals surface area contributed by atoms with Crippen LogP contribution in [0.5, 0.6) is 0 Å². The largest absolute Gasteiger partial charge is 0.472 e. The van der Waals surface area contributed by atoms with Gasteiger partial charge in [0.2, 0.25) is 0 Å². The van der Waals surface area contributed by atoms with E-state index < -0.39 is 97.5 Å². The van der Waals surface area contributed by atoms with Crippen LogP contribution >= 0.6 is 15.6 Å². The van der Waals surface area contributed by atoms with Crippen LogP contribution in [0.1, 0.15) is 349 Å². The number of esters is 4. The highest BCUT2D eigenvalue weighted by Crippen LogP contribution is 2.45. The minimum absolute atomic E-state index is 0.0846. The molecule has 0 amide bonds. The van der Waals surface area contributed by atoms with Crippen molar-refractivity contribution in [2.45, 2.75) is 367 Å². The molecule has 96 heavy (non-hydrogen) atoms. The Hall–Kier alpha value is -3.24. The van der Waals surface area contributed by atoms with Crippen molar-refractivity contribution in [1.29, 1.82) is 0 Å². The van der Waals surface area contributed by atoms with E-state index in [1.807, 2.05) is 0 Å². The first-order valence-electron chi connectivity index (χ1n) is 38.5. The zero-order valence-corrected chi connectivity index (χ0v) is 62.8. The maximum absolute atomic E-state index is 13.1. The van der Waals surface area contributed by atoms with E-state index in [0.29, 0.717) is 25.7 Å². The smallest absolute Gasteiger partial charge is 0.462 e. The molecule has 0 aliphatic rings. The Morgan fingerprint density at radius 3 is 0.792 bits per heavy atom. The molecule has 0 bridgehead atoms. The molecule has 2 unspecified atom stereocenters. The number of rotatable bonds is 73. The second kappa shape index (κ2) is 70.2. The van der Waals surface area contributed by atoms with Gasteiger partial charge in [0.15, 0.2) is 12.2 Å². The van der Waals surface area contributed by atoms with Gasteiger partial charge in [0.1, 0.15) is 19.3 Å². The lowest BCUT2D eigenvalue weighted by molar-refractivity contribution is -0.161. The monoisotopic (exact) mass is 1400 g/mol. The highest BCUT2D eigenvalue weighted by molar-refractivity contribution is 7.47. The first-order chi connectivity index (χ1) is 46.7. The lowest BCUT2D eigenvalue weighted by Crippen LogP contribution is -2.30. The number of hydrogen-bond acceptors (Lipinski definition) is 15. The van der Waals surface area contributed by atoms with Crippen LogP contribution in [0.3, 0.4) is 0 Å². The molecule has 0 radical (unpaired) electrons. The Labute approximate surface area is 584 Å². The molecule has 0 aliphatic heterocycles. The van der Waals surface area contributed by atoms with Crippen LogP contribution in [0.15, 0.2) is 60.8 Å². The van der Waals surface area contributed by atoms with Gasteiger partial charge in [-0.25, -0.2) is 9.13 Å². The van der Waals surface area contributed by atoms with Gasteiger partial charge in [0.25, 0.3) is 0 Å². The molecule has 0 fully saturated rings. The van der Waals surface area contributed by atoms with Gasteiger partial charge in [0, 0.05) is 25.7 Å². The maximum Gasteiger partial charge on any atom is 0.472 e. The Balaban J connectivity index is 5.34. The summed E-state index contributed by atoms with van der Waals surface area (Å²) in [5, 5.41) is 10.6. The summed E-state index contributed by atoms with van der Waals surface area (Å²) in [5.41, 5.74) is 0. The van der Waals surface area contributed by atoms with Gasteiger partial charge in [0.05, 0.1) is 26.4 Å². The van der Waals surface area contributed by atoms with E-state index in [1.54, 1.807) is 0 Å². The number of allylic oxidation sites excluding steroid dienone is 10. The summed E-state index contributed by atoms with van der Waals surface area (Å²) in [4.78, 5) is 72.8. The average Bonchev–Trinajstić information content (AvgIpc) is 1.17. The number of phosphoric acid groups is 2. The quantitative estimate of drug-likeness (QED) is 0.0128. The van der Waals surface area contributed by atoms with E-state index >= 15 is 0 Å². The van der Waals surface area contributed by atoms with Crippen molar-refractivity contribution in [2.24, 2.45) is 0 Å². The predicted molar refractivity (Wildman–Crippen MR) is 390 cm³/mol. The summed E-state index contributed by atoms with van der Waals surface area (Å²) in [5.74, 6) is -2.19. The van der Waals surface area contributed by atoms with E-state index in [2.05, 4.69) is 88.5 Å². The summed E-state index contributed by atoms with van der Waals surface area (Å²) in [7, 11) is -9.94. The van der Waals surface area contributed by atoms with Crippen molar-refractivity contribution >= 4 is 39.5 Å². The summed E-state index contributed by atoms with van der Waals surface area (Å²) in [6, 6.07) is 0. The molecule has 0 spiro atoms. The van der Waals surface area contributed by atoms with Crippen LogP contribution in [-0.4, -0.2) is 96.7 Å². The van der Waals surface area contributed by atoms with Crippen LogP contribution in [0.2, 0.25) is 0 Å². The van der Waals surface area contributed by atoms with Crippen molar-refractivity contribution in [3.05, 3.63) is 60.8 Å². The summed E-state index contributed by atoms with van der Waals surface area (Å²) in [6.45, 7) is 4.82. The highest BCUT2D eigenvalue weighted by atomic mass is 31.2. The van der Waals surface area contributed by atoms with E-state index in [0.717, 1.165) is 154 Å². The molecule has 0 aromatic rings. The van der Waals surface area contributed by atoms with Crippen molar-refractivity contribution in [3.63, 3.8) is 0 Å². The summed E-state index contributed by atoms with van der Waals surface area (Å²) >= 11 is 0. The second-order valence-corrected chi connectivity index (χ2v) is 28.9. The third-order valence-electron chi connectivity index (χ3n) is 16.5. The second-order valence-electron chi connectivity index (χ2n) is 26.0. The van der Waals surface area contributed by atoms with Crippen molar-refractivity contribution in [3.8, 4) is 0 Å². The number of phosphoric ester groups is 2. The Kier molecular flexibility index (Phi) is 67.8. The number of carbonyl (C=O) groups is 4. The Morgan fingerprint density at radius 2 is 0.510 bits per heavy atom. The fourth-order valence-electron chi connectivity index (χ4n) is 10.5. The fraction of sp³-hybridized carbons (Fsp3) is 0.818. The van der Waals surface area contributed by atoms with Gasteiger partial charge in [-0.15, -0.1) is 0 Å². The average molecular weight is 1400 g/mol. The number of aliphatic hydroxyl groups excluding tert-OH is 1. The molecule has 0 aromatic carbocycles. The number of unbranched alkanes of at least 4 members (excludes halogenated alkanes) is 38. The summed E-state index contributed by atoms with van der Waals surface area (Å²) in [6.07, 6.45) is 67.7. The van der Waals surface area contributed by atoms with E-state index in [4.69, 9.17) is 37.0 Å². The first kappa shape index (κ1) is 92.8. The van der Waals surface area contributed by atoms with Crippen molar-refractivity contribution < 1.29 is 80.2 Å². The van der Waals surface area contributed by atoms with Crippen LogP contribution in [-0.2, 0) is 65.4 Å². The molecule has 5 atom stereocenters. The highest BCUT2D eigenvalue weighted by Gasteiger charge is 2.30. The van der Waals surface area contributed by atoms with Gasteiger partial charge in [-0.2, -0.15) is 0 Å². The molecule has 0 rings (SSSR count). The molecular formula is C77H140O17P2. The molecule has 0 saturated carbocycles. The van der Waals surface area contributed by atoms with Crippen molar-refractivity contribution in [1.82, 2.24) is 0 Å². The molecule has 3 N–H and O–H groups in total. The van der Waals surface area contributed by atoms with Crippen LogP contribution in [0.4, 0.5) is 0 Å². The van der Waals surface area contributed by atoms with Gasteiger partial charge in [-0.3, -0.25) is 37.3 Å². The minimum Gasteiger partial charge on any atom is -0.462 e. The molecule has 17 nitrogen and oxygen atoms in total. The van der Waals surface area contributed by atoms with Gasteiger partial charge in [-0.05, 0) is 128 Å². The third-order valence-corrected chi connectivity index (χ3v) is 18.4. The lowest BCUT2D eigenvalue weighted by Gasteiger charge is -2.21. The van der Waals surface area contributed by atoms with E-state index in [-0.39, 0.29) is 25.7 Å². The van der Waals surface area contributed by atoms with Gasteiger partial charge >= 0.3 is 39.5 Å². The van der Waals surface area contributed by atoms with Gasteiger partial charge < -0.3 is 33.8 Å². The maximum atomic E-state index is 13.1. The SMILES string of the molecule is CCCCCC/C=C\C=C/CCCCCCCC(=O)OC[C@H](COP(=O)(O)OC[C@H](O)COP(=O)(O)OC[C@@H](COC(=O)CCCCCCC/C=C\CCCCCC)OC(=O)CCCCCCC/C=C\CCCCCCCC)OC(=O)CCCCCCC/C=C\CCCCCC. The van der Waals surface area contributed by atoms with Crippen LogP contribution in [0, 0.1) is 0 Å². The zero-order valence-electron chi connectivity index (χ0n) is 61.1. The normalized spacial score (nSPS) is 14.3. The predicted octanol–water partition coefficient (Wildman–Crippen LogP) is 21.9. The van der Waals surface area contributed by atoms with Gasteiger partial charge in [-0.1, -0.05) is 255 Å². The Bertz CT molecular complexity index is 2060. The number of aliphatic hydroxyl groups is 1. The molecule has 0 aromatic heterocycles. The molecule has 0 aliphatic carbocycles. The third kappa shape index (κ3) is 69.2. The van der Waals surface area contributed by atoms with Crippen molar-refractivity contribution in [2.75, 3.05) is 39.6 Å². The first-order valence-corrected chi connectivity index (χ1v) is 41.5. The topological polar surface area (TPSA) is 237 Å². The summed E-state index contributed by atoms with van der Waals surface area (Å²) < 4.78 is 68.4. The Morgan fingerprint density at radius 1 is 0.292 bits per heavy atom. The van der Waals surface area contributed by atoms with E-state index in [1.165, 1.54) is 116 Å². The van der Waals surface area contributed by atoms with Crippen LogP contribution < -0.4 is 0 Å². The number of hydrogen-bond donors (Lipinski definition) is 3. The zero-order chi connectivity index (χ0) is 70.4. The lowest BCUT2D eigenvalue weighted by atomic mass is 10.1. The molecule has 560 valence electrons. The molecular weight excluding hydrogens is 1260 g/mol. The molecule has 19 heteroatoms. The minimum atomic E-state index is -4.97. The molecule has 0 heterocycles. The standard InChI is InChI=1S/C77H140O17P2/c1-5-9-13-17-21-25-29-33-35-39-42-46-50-54-58-62-75(80)88-68-72(93-76(81)63-59-55-51-47-43-38-32-28-24-20-16-12-8-4)69-91-95(83,84)89-65-71(78)66-90-96(85,86)92-70-73(67-87-74(79)61-57-53-49-45-41-37-31-27-23-19-15-11-7-3)94-77(82)64-60-56-52-48-44-40-36-34-30-26-22-18-14-10-6-2/h25,27-29,31-36,71-73,78H,5-24,26,30,37-70H2,1-4H3,(H,83,84)(H,85,86)/b29-25-,31-27-,32-28-,35-33-,36-34-/t71-,72+,73+/m0/s1. The molecule has 0 saturated heterocycles. The van der Waals surface area contributed by atoms with Crippen LogP contribution in [0.25, 0.3) is 0 Å². The van der Waals surface area contributed by atoms with E-state index in [9.17, 15) is 43.2 Å². The number of ether oxygens (including phenoxy) is 4. The fourth-order valence-corrected chi connectivity index (χ4v) is 12.1. The number of carbonyl (C=O) groups excluding carboxylic acids is 4.